The second-order valence-electron chi connectivity index (χ2n) is 2.50. The van der Waals surface area contributed by atoms with E-state index in [2.05, 4.69) is 10.3 Å². The molecule has 0 aliphatic heterocycles. The minimum atomic E-state index is 0.0152. The maximum atomic E-state index is 11.0. The number of thioether (sulfide) groups is 1. The first-order valence-electron chi connectivity index (χ1n) is 3.98. The Morgan fingerprint density at radius 2 is 2.38 bits per heavy atom. The summed E-state index contributed by atoms with van der Waals surface area (Å²) in [5.74, 6) is 0.0152. The molecule has 1 aromatic heterocycles. The first-order chi connectivity index (χ1) is 6.17. The third-order valence-corrected chi connectivity index (χ3v) is 3.79. The van der Waals surface area contributed by atoms with Gasteiger partial charge in [-0.25, -0.2) is 4.98 Å². The average Bonchev–Trinajstić information content (AvgIpc) is 2.46. The predicted octanol–water partition coefficient (Wildman–Crippen LogP) is 2.52. The number of anilines is 1. The van der Waals surface area contributed by atoms with Gasteiger partial charge in [0.15, 0.2) is 5.13 Å². The van der Waals surface area contributed by atoms with Crippen LogP contribution in [0.1, 0.15) is 19.0 Å². The molecule has 1 rings (SSSR count). The number of hydrogen-bond donors (Lipinski definition) is 1. The van der Waals surface area contributed by atoms with E-state index in [9.17, 15) is 4.79 Å². The molecule has 0 aromatic carbocycles. The van der Waals surface area contributed by atoms with E-state index in [0.717, 1.165) is 9.90 Å². The van der Waals surface area contributed by atoms with Crippen LogP contribution in [0.3, 0.4) is 0 Å². The molecule has 0 aliphatic carbocycles. The Hall–Kier alpha value is -0.550. The molecule has 1 aromatic rings. The molecule has 13 heavy (non-hydrogen) atoms. The van der Waals surface area contributed by atoms with Crippen molar-refractivity contribution in [1.29, 1.82) is 0 Å². The van der Waals surface area contributed by atoms with Crippen LogP contribution in [-0.2, 0) is 4.79 Å². The number of amides is 1. The van der Waals surface area contributed by atoms with Crippen LogP contribution in [0.2, 0.25) is 0 Å². The topological polar surface area (TPSA) is 42.0 Å². The summed E-state index contributed by atoms with van der Waals surface area (Å²) in [6, 6.07) is 0. The molecular weight excluding hydrogens is 204 g/mol. The van der Waals surface area contributed by atoms with Gasteiger partial charge in [0.1, 0.15) is 0 Å². The molecule has 0 atom stereocenters. The van der Waals surface area contributed by atoms with Gasteiger partial charge in [-0.3, -0.25) is 4.79 Å². The number of nitrogens with zero attached hydrogens (tertiary/aromatic N) is 1. The Labute approximate surface area is 86.0 Å². The van der Waals surface area contributed by atoms with Crippen LogP contribution in [0.25, 0.3) is 0 Å². The molecule has 3 nitrogen and oxygen atoms in total. The zero-order valence-corrected chi connectivity index (χ0v) is 9.51. The lowest BCUT2D eigenvalue weighted by molar-refractivity contribution is -0.115. The molecule has 0 unspecified atom stereocenters. The van der Waals surface area contributed by atoms with Crippen LogP contribution in [0.5, 0.6) is 0 Å². The van der Waals surface area contributed by atoms with E-state index in [4.69, 9.17) is 0 Å². The smallest absolute Gasteiger partial charge is 0.225 e. The Morgan fingerprint density at radius 1 is 1.69 bits per heavy atom. The second-order valence-corrected chi connectivity index (χ2v) is 4.57. The average molecular weight is 216 g/mol. The summed E-state index contributed by atoms with van der Waals surface area (Å²) in [6.45, 7) is 3.77. The molecule has 0 radical (unpaired) electrons. The quantitative estimate of drug-likeness (QED) is 0.789. The fourth-order valence-corrected chi connectivity index (χ4v) is 2.46. The van der Waals surface area contributed by atoms with Crippen molar-refractivity contribution in [3.8, 4) is 0 Å². The highest BCUT2D eigenvalue weighted by atomic mass is 32.2. The summed E-state index contributed by atoms with van der Waals surface area (Å²) in [4.78, 5) is 15.3. The SMILES string of the molecule is CCC(=O)Nc1nc(C)c(SC)s1. The zero-order chi connectivity index (χ0) is 9.84. The van der Waals surface area contributed by atoms with E-state index in [-0.39, 0.29) is 5.91 Å². The Balaban J connectivity index is 2.73. The number of aromatic nitrogens is 1. The van der Waals surface area contributed by atoms with E-state index in [1.165, 1.54) is 11.3 Å². The molecule has 1 heterocycles. The number of carbonyl (C=O) groups is 1. The number of nitrogens with one attached hydrogen (secondary N) is 1. The number of thiazole rings is 1. The summed E-state index contributed by atoms with van der Waals surface area (Å²) < 4.78 is 1.16. The molecule has 72 valence electrons. The highest BCUT2D eigenvalue weighted by Gasteiger charge is 2.07. The molecule has 0 fully saturated rings. The van der Waals surface area contributed by atoms with Crippen LogP contribution in [0, 0.1) is 6.92 Å². The Kier molecular flexibility index (Phi) is 3.74. The second kappa shape index (κ2) is 4.62. The first-order valence-corrected chi connectivity index (χ1v) is 6.02. The van der Waals surface area contributed by atoms with Crippen LogP contribution in [-0.4, -0.2) is 17.1 Å². The molecule has 0 aliphatic rings. The summed E-state index contributed by atoms with van der Waals surface area (Å²) in [6.07, 6.45) is 2.50. The molecule has 1 amide bonds. The molecule has 5 heteroatoms. The summed E-state index contributed by atoms with van der Waals surface area (Å²) in [7, 11) is 0. The van der Waals surface area contributed by atoms with Gasteiger partial charge >= 0.3 is 0 Å². The van der Waals surface area contributed by atoms with Crippen molar-refractivity contribution < 1.29 is 4.79 Å². The molecular formula is C8H12N2OS2. The van der Waals surface area contributed by atoms with E-state index < -0.39 is 0 Å². The van der Waals surface area contributed by atoms with Gasteiger partial charge in [0.25, 0.3) is 0 Å². The number of rotatable bonds is 3. The minimum Gasteiger partial charge on any atom is -0.302 e. The van der Waals surface area contributed by atoms with Crippen molar-refractivity contribution in [3.05, 3.63) is 5.69 Å². The maximum Gasteiger partial charge on any atom is 0.225 e. The van der Waals surface area contributed by atoms with Crippen molar-refractivity contribution in [1.82, 2.24) is 4.98 Å². The van der Waals surface area contributed by atoms with Gasteiger partial charge in [0, 0.05) is 6.42 Å². The summed E-state index contributed by atoms with van der Waals surface area (Å²) >= 11 is 3.18. The third kappa shape index (κ3) is 2.70. The highest BCUT2D eigenvalue weighted by Crippen LogP contribution is 2.30. The van der Waals surface area contributed by atoms with Crippen LogP contribution in [0.15, 0.2) is 4.21 Å². The fraction of sp³-hybridized carbons (Fsp3) is 0.500. The van der Waals surface area contributed by atoms with Gasteiger partial charge in [-0.1, -0.05) is 18.3 Å². The normalized spacial score (nSPS) is 10.1. The van der Waals surface area contributed by atoms with Gasteiger partial charge in [0.2, 0.25) is 5.91 Å². The predicted molar refractivity (Wildman–Crippen MR) is 57.6 cm³/mol. The minimum absolute atomic E-state index is 0.0152. The van der Waals surface area contributed by atoms with Gasteiger partial charge < -0.3 is 5.32 Å². The number of carbonyl (C=O) groups excluding carboxylic acids is 1. The highest BCUT2D eigenvalue weighted by molar-refractivity contribution is 8.00. The zero-order valence-electron chi connectivity index (χ0n) is 7.88. The van der Waals surface area contributed by atoms with Crippen molar-refractivity contribution in [3.63, 3.8) is 0 Å². The van der Waals surface area contributed by atoms with Gasteiger partial charge in [-0.2, -0.15) is 0 Å². The monoisotopic (exact) mass is 216 g/mol. The van der Waals surface area contributed by atoms with E-state index in [0.29, 0.717) is 11.6 Å². The van der Waals surface area contributed by atoms with Crippen molar-refractivity contribution >= 4 is 34.1 Å². The van der Waals surface area contributed by atoms with Crippen LogP contribution in [0.4, 0.5) is 5.13 Å². The van der Waals surface area contributed by atoms with Crippen LogP contribution >= 0.6 is 23.1 Å². The van der Waals surface area contributed by atoms with Crippen molar-refractivity contribution in [2.24, 2.45) is 0 Å². The third-order valence-electron chi connectivity index (χ3n) is 1.51. The van der Waals surface area contributed by atoms with Gasteiger partial charge in [0.05, 0.1) is 9.90 Å². The number of hydrogen-bond acceptors (Lipinski definition) is 4. The lowest BCUT2D eigenvalue weighted by atomic mass is 10.5. The molecule has 0 saturated carbocycles. The van der Waals surface area contributed by atoms with Crippen molar-refractivity contribution in [2.75, 3.05) is 11.6 Å². The summed E-state index contributed by atoms with van der Waals surface area (Å²) in [5, 5.41) is 3.44. The van der Waals surface area contributed by atoms with E-state index in [1.807, 2.05) is 20.1 Å². The summed E-state index contributed by atoms with van der Waals surface area (Å²) in [5.41, 5.74) is 0.990. The molecule has 0 spiro atoms. The molecule has 1 N–H and O–H groups in total. The first kappa shape index (κ1) is 10.5. The molecule has 0 saturated heterocycles. The largest absolute Gasteiger partial charge is 0.302 e. The maximum absolute atomic E-state index is 11.0. The van der Waals surface area contributed by atoms with Crippen LogP contribution < -0.4 is 5.32 Å². The lowest BCUT2D eigenvalue weighted by Crippen LogP contribution is -2.08. The van der Waals surface area contributed by atoms with E-state index >= 15 is 0 Å². The fourth-order valence-electron chi connectivity index (χ4n) is 0.833. The van der Waals surface area contributed by atoms with E-state index in [1.54, 1.807) is 11.8 Å². The van der Waals surface area contributed by atoms with Crippen molar-refractivity contribution in [2.45, 2.75) is 24.5 Å². The molecule has 0 bridgehead atoms. The Bertz CT molecular complexity index is 309. The standard InChI is InChI=1S/C8H12N2OS2/c1-4-6(11)10-8-9-5(2)7(12-3)13-8/h4H2,1-3H3,(H,9,10,11). The Morgan fingerprint density at radius 3 is 2.85 bits per heavy atom. The van der Waals surface area contributed by atoms with Gasteiger partial charge in [-0.05, 0) is 13.2 Å². The van der Waals surface area contributed by atoms with Gasteiger partial charge in [-0.15, -0.1) is 11.8 Å². The lowest BCUT2D eigenvalue weighted by Gasteiger charge is -1.95. The number of aryl methyl sites for hydroxylation is 1.